The molecule has 72 valence electrons. The number of methoxy groups -OCH3 is 1. The van der Waals surface area contributed by atoms with Crippen molar-refractivity contribution < 1.29 is 4.74 Å². The van der Waals surface area contributed by atoms with Gasteiger partial charge in [0.1, 0.15) is 5.75 Å². The Morgan fingerprint density at radius 2 is 1.92 bits per heavy atom. The lowest BCUT2D eigenvalue weighted by Gasteiger charge is -2.11. The molecule has 4 nitrogen and oxygen atoms in total. The largest absolute Gasteiger partial charge is 0.497 e. The Hall–Kier alpha value is -1.26. The lowest BCUT2D eigenvalue weighted by Crippen LogP contribution is -2.38. The number of nitrogens with two attached hydrogens (primary N) is 1. The zero-order chi connectivity index (χ0) is 9.68. The Labute approximate surface area is 78.0 Å². The summed E-state index contributed by atoms with van der Waals surface area (Å²) in [4.78, 5) is 0. The van der Waals surface area contributed by atoms with Gasteiger partial charge in [0, 0.05) is 5.69 Å². The van der Waals surface area contributed by atoms with Crippen molar-refractivity contribution in [3.63, 3.8) is 0 Å². The average Bonchev–Trinajstić information content (AvgIpc) is 2.15. The first-order valence-electron chi connectivity index (χ1n) is 4.13. The van der Waals surface area contributed by atoms with Gasteiger partial charge >= 0.3 is 0 Å². The number of benzene rings is 1. The molecule has 0 saturated heterocycles. The van der Waals surface area contributed by atoms with E-state index in [1.54, 1.807) is 7.11 Å². The summed E-state index contributed by atoms with van der Waals surface area (Å²) in [5.41, 5.74) is 12.3. The molecular weight excluding hydrogens is 166 g/mol. The highest BCUT2D eigenvalue weighted by molar-refractivity contribution is 5.45. The molecule has 0 heterocycles. The highest BCUT2D eigenvalue weighted by Gasteiger charge is 1.93. The van der Waals surface area contributed by atoms with Gasteiger partial charge in [0.25, 0.3) is 0 Å². The van der Waals surface area contributed by atoms with Crippen LogP contribution >= 0.6 is 0 Å². The maximum Gasteiger partial charge on any atom is 0.119 e. The summed E-state index contributed by atoms with van der Waals surface area (Å²) in [6.07, 6.45) is -0.0814. The van der Waals surface area contributed by atoms with Crippen molar-refractivity contribution in [3.05, 3.63) is 24.3 Å². The molecule has 0 saturated carbocycles. The van der Waals surface area contributed by atoms with E-state index in [-0.39, 0.29) is 6.17 Å². The van der Waals surface area contributed by atoms with Crippen LogP contribution < -0.4 is 21.3 Å². The molecule has 4 heteroatoms. The minimum Gasteiger partial charge on any atom is -0.497 e. The third-order valence-corrected chi connectivity index (χ3v) is 1.53. The summed E-state index contributed by atoms with van der Waals surface area (Å²) in [7, 11) is 1.64. The van der Waals surface area contributed by atoms with E-state index in [2.05, 4.69) is 10.9 Å². The quantitative estimate of drug-likeness (QED) is 0.477. The highest BCUT2D eigenvalue weighted by Crippen LogP contribution is 2.13. The fraction of sp³-hybridized carbons (Fsp3) is 0.333. The molecule has 0 bridgehead atoms. The van der Waals surface area contributed by atoms with Crippen molar-refractivity contribution in [2.75, 3.05) is 12.5 Å². The summed E-state index contributed by atoms with van der Waals surface area (Å²) in [6, 6.07) is 7.58. The predicted molar refractivity (Wildman–Crippen MR) is 53.4 cm³/mol. The summed E-state index contributed by atoms with van der Waals surface area (Å²) >= 11 is 0. The number of nitrogens with one attached hydrogen (secondary N) is 2. The van der Waals surface area contributed by atoms with Crippen molar-refractivity contribution in [3.8, 4) is 5.75 Å². The van der Waals surface area contributed by atoms with E-state index in [0.29, 0.717) is 0 Å². The number of rotatable bonds is 4. The van der Waals surface area contributed by atoms with E-state index in [1.807, 2.05) is 31.2 Å². The van der Waals surface area contributed by atoms with Crippen LogP contribution in [0.5, 0.6) is 5.75 Å². The smallest absolute Gasteiger partial charge is 0.119 e. The van der Waals surface area contributed by atoms with Crippen LogP contribution in [0.3, 0.4) is 0 Å². The third kappa shape index (κ3) is 3.31. The average molecular weight is 181 g/mol. The normalized spacial score (nSPS) is 12.2. The number of hydrazine groups is 1. The van der Waals surface area contributed by atoms with Gasteiger partial charge in [-0.3, -0.25) is 0 Å². The van der Waals surface area contributed by atoms with E-state index in [0.717, 1.165) is 11.4 Å². The topological polar surface area (TPSA) is 59.3 Å². The second kappa shape index (κ2) is 4.69. The maximum atomic E-state index is 5.50. The minimum atomic E-state index is -0.0814. The van der Waals surface area contributed by atoms with Crippen molar-refractivity contribution in [1.82, 2.24) is 5.43 Å². The standard InChI is InChI=1S/C9H15N3O/c1-7(10)11-12-8-3-5-9(13-2)6-4-8/h3-7,11-12H,10H2,1-2H3. The van der Waals surface area contributed by atoms with Crippen LogP contribution in [0.2, 0.25) is 0 Å². The SMILES string of the molecule is COc1ccc(NNC(C)N)cc1. The molecule has 1 aromatic carbocycles. The molecule has 0 radical (unpaired) electrons. The van der Waals surface area contributed by atoms with E-state index < -0.39 is 0 Å². The summed E-state index contributed by atoms with van der Waals surface area (Å²) < 4.78 is 5.02. The van der Waals surface area contributed by atoms with Crippen molar-refractivity contribution >= 4 is 5.69 Å². The molecule has 1 atom stereocenters. The molecule has 0 aliphatic heterocycles. The Morgan fingerprint density at radius 3 is 2.38 bits per heavy atom. The second-order valence-electron chi connectivity index (χ2n) is 2.79. The van der Waals surface area contributed by atoms with Crippen LogP contribution in [-0.4, -0.2) is 13.3 Å². The number of anilines is 1. The molecule has 4 N–H and O–H groups in total. The first kappa shape index (κ1) is 9.83. The summed E-state index contributed by atoms with van der Waals surface area (Å²) in [5.74, 6) is 0.839. The van der Waals surface area contributed by atoms with Crippen molar-refractivity contribution in [2.45, 2.75) is 13.1 Å². The van der Waals surface area contributed by atoms with Gasteiger partial charge in [0.05, 0.1) is 13.3 Å². The number of hydrogen-bond acceptors (Lipinski definition) is 4. The van der Waals surface area contributed by atoms with Crippen molar-refractivity contribution in [1.29, 1.82) is 0 Å². The van der Waals surface area contributed by atoms with Crippen LogP contribution in [0.4, 0.5) is 5.69 Å². The third-order valence-electron chi connectivity index (χ3n) is 1.53. The fourth-order valence-corrected chi connectivity index (χ4v) is 0.872. The summed E-state index contributed by atoms with van der Waals surface area (Å²) in [5, 5.41) is 0. The Bertz CT molecular complexity index is 246. The lowest BCUT2D eigenvalue weighted by molar-refractivity contribution is 0.415. The van der Waals surface area contributed by atoms with Gasteiger partial charge < -0.3 is 15.9 Å². The molecular formula is C9H15N3O. The van der Waals surface area contributed by atoms with Gasteiger partial charge in [-0.25, -0.2) is 5.43 Å². The molecule has 1 aromatic rings. The van der Waals surface area contributed by atoms with Crippen LogP contribution in [-0.2, 0) is 0 Å². The highest BCUT2D eigenvalue weighted by atomic mass is 16.5. The Kier molecular flexibility index (Phi) is 3.54. The molecule has 0 fully saturated rings. The van der Waals surface area contributed by atoms with Gasteiger partial charge in [-0.1, -0.05) is 0 Å². The molecule has 1 rings (SSSR count). The van der Waals surface area contributed by atoms with Gasteiger partial charge in [0.2, 0.25) is 0 Å². The number of hydrogen-bond donors (Lipinski definition) is 3. The maximum absolute atomic E-state index is 5.50. The van der Waals surface area contributed by atoms with E-state index in [1.165, 1.54) is 0 Å². The molecule has 13 heavy (non-hydrogen) atoms. The zero-order valence-electron chi connectivity index (χ0n) is 7.87. The molecule has 0 spiro atoms. The Balaban J connectivity index is 2.49. The van der Waals surface area contributed by atoms with Crippen LogP contribution in [0.25, 0.3) is 0 Å². The molecule has 1 unspecified atom stereocenters. The summed E-state index contributed by atoms with van der Waals surface area (Å²) in [6.45, 7) is 1.86. The zero-order valence-corrected chi connectivity index (χ0v) is 7.87. The Morgan fingerprint density at radius 1 is 1.31 bits per heavy atom. The van der Waals surface area contributed by atoms with Crippen molar-refractivity contribution in [2.24, 2.45) is 5.73 Å². The van der Waals surface area contributed by atoms with Gasteiger partial charge in [-0.2, -0.15) is 0 Å². The monoisotopic (exact) mass is 181 g/mol. The van der Waals surface area contributed by atoms with E-state index in [4.69, 9.17) is 10.5 Å². The van der Waals surface area contributed by atoms with E-state index in [9.17, 15) is 0 Å². The van der Waals surface area contributed by atoms with E-state index >= 15 is 0 Å². The van der Waals surface area contributed by atoms with Gasteiger partial charge in [-0.15, -0.1) is 0 Å². The van der Waals surface area contributed by atoms with Crippen LogP contribution in [0, 0.1) is 0 Å². The molecule has 0 aromatic heterocycles. The van der Waals surface area contributed by atoms with Crippen LogP contribution in [0.15, 0.2) is 24.3 Å². The lowest BCUT2D eigenvalue weighted by atomic mass is 10.3. The molecule has 0 amide bonds. The number of ether oxygens (including phenoxy) is 1. The minimum absolute atomic E-state index is 0.0814. The predicted octanol–water partition coefficient (Wildman–Crippen LogP) is 0.916. The van der Waals surface area contributed by atoms with Gasteiger partial charge in [0.15, 0.2) is 0 Å². The molecule has 0 aliphatic carbocycles. The first-order chi connectivity index (χ1) is 6.22. The molecule has 0 aliphatic rings. The van der Waals surface area contributed by atoms with Gasteiger partial charge in [-0.05, 0) is 31.2 Å². The fourth-order valence-electron chi connectivity index (χ4n) is 0.872. The first-order valence-corrected chi connectivity index (χ1v) is 4.13. The van der Waals surface area contributed by atoms with Crippen LogP contribution in [0.1, 0.15) is 6.92 Å². The second-order valence-corrected chi connectivity index (χ2v) is 2.79.